The predicted octanol–water partition coefficient (Wildman–Crippen LogP) is 2.59. The minimum atomic E-state index is -4.71. The average Bonchev–Trinajstić information content (AvgIpc) is 2.90. The molecule has 1 N–H and O–H groups in total. The van der Waals surface area contributed by atoms with Gasteiger partial charge in [-0.3, -0.25) is 0 Å². The van der Waals surface area contributed by atoms with E-state index < -0.39 is 6.36 Å². The van der Waals surface area contributed by atoms with Gasteiger partial charge in [0.1, 0.15) is 11.6 Å². The first-order valence-electron chi connectivity index (χ1n) is 6.60. The van der Waals surface area contributed by atoms with E-state index in [0.717, 1.165) is 12.6 Å². The number of nitrogens with zero attached hydrogens (tertiary/aromatic N) is 1. The van der Waals surface area contributed by atoms with Crippen LogP contribution in [0.1, 0.15) is 13.3 Å². The monoisotopic (exact) mass is 306 g/mol. The zero-order valence-electron chi connectivity index (χ0n) is 11.5. The van der Waals surface area contributed by atoms with Gasteiger partial charge in [0.2, 0.25) is 0 Å². The van der Waals surface area contributed by atoms with E-state index in [9.17, 15) is 13.2 Å². The number of hydrogen-bond donors (Lipinski definition) is 1. The summed E-state index contributed by atoms with van der Waals surface area (Å²) >= 11 is 0. The number of pyridine rings is 1. The van der Waals surface area contributed by atoms with E-state index in [0.29, 0.717) is 25.6 Å². The van der Waals surface area contributed by atoms with Crippen LogP contribution in [0, 0.1) is 0 Å². The van der Waals surface area contributed by atoms with Crippen molar-refractivity contribution < 1.29 is 27.4 Å². The largest absolute Gasteiger partial charge is 0.573 e. The second-order valence-electron chi connectivity index (χ2n) is 4.79. The topological polar surface area (TPSA) is 52.6 Å². The van der Waals surface area contributed by atoms with Gasteiger partial charge in [-0.05, 0) is 25.5 Å². The van der Waals surface area contributed by atoms with Gasteiger partial charge in [-0.15, -0.1) is 13.2 Å². The predicted molar refractivity (Wildman–Crippen MR) is 69.2 cm³/mol. The maximum Gasteiger partial charge on any atom is 0.573 e. The molecule has 1 fully saturated rings. The highest BCUT2D eigenvalue weighted by atomic mass is 19.4. The van der Waals surface area contributed by atoms with Gasteiger partial charge in [-0.2, -0.15) is 0 Å². The molecule has 0 spiro atoms. The number of halogens is 3. The highest BCUT2D eigenvalue weighted by Crippen LogP contribution is 2.22. The molecule has 0 radical (unpaired) electrons. The van der Waals surface area contributed by atoms with E-state index in [4.69, 9.17) is 9.47 Å². The summed E-state index contributed by atoms with van der Waals surface area (Å²) in [6.07, 6.45) is -2.69. The van der Waals surface area contributed by atoms with Crippen LogP contribution in [0.25, 0.3) is 0 Å². The molecule has 0 bridgehead atoms. The molecule has 2 rings (SSSR count). The Bertz CT molecular complexity index is 433. The first-order valence-corrected chi connectivity index (χ1v) is 6.60. The van der Waals surface area contributed by atoms with Gasteiger partial charge in [-0.1, -0.05) is 0 Å². The van der Waals surface area contributed by atoms with Crippen molar-refractivity contribution in [3.63, 3.8) is 0 Å². The molecule has 1 aliphatic rings. The average molecular weight is 306 g/mol. The molecule has 1 aromatic heterocycles. The molecule has 118 valence electrons. The molecule has 21 heavy (non-hydrogen) atoms. The van der Waals surface area contributed by atoms with Crippen molar-refractivity contribution in [3.8, 4) is 5.75 Å². The summed E-state index contributed by atoms with van der Waals surface area (Å²) in [5.41, 5.74) is 0. The molecule has 0 aliphatic carbocycles. The molecule has 2 unspecified atom stereocenters. The smallest absolute Gasteiger partial charge is 0.404 e. The fourth-order valence-electron chi connectivity index (χ4n) is 1.88. The van der Waals surface area contributed by atoms with Crippen molar-refractivity contribution in [2.45, 2.75) is 31.9 Å². The van der Waals surface area contributed by atoms with Crippen LogP contribution in [0.2, 0.25) is 0 Å². The van der Waals surface area contributed by atoms with E-state index in [-0.39, 0.29) is 17.9 Å². The van der Waals surface area contributed by atoms with Crippen molar-refractivity contribution in [2.75, 3.05) is 25.1 Å². The molecule has 0 saturated carbocycles. The lowest BCUT2D eigenvalue weighted by atomic mass is 10.3. The summed E-state index contributed by atoms with van der Waals surface area (Å²) in [6, 6.07) is 2.62. The Hall–Kier alpha value is -1.54. The number of aromatic nitrogens is 1. The number of nitrogens with one attached hydrogen (secondary N) is 1. The van der Waals surface area contributed by atoms with Crippen LogP contribution in [0.5, 0.6) is 5.75 Å². The molecule has 2 heterocycles. The van der Waals surface area contributed by atoms with Gasteiger partial charge < -0.3 is 19.5 Å². The summed E-state index contributed by atoms with van der Waals surface area (Å²) in [7, 11) is 0. The standard InChI is InChI=1S/C13H17F3N2O3/c1-9(7-20-11-4-5-19-8-11)18-12-3-2-10(6-17-12)21-13(14,15)16/h2-3,6,9,11H,4-5,7-8H2,1H3,(H,17,18). The maximum absolute atomic E-state index is 12.0. The zero-order chi connectivity index (χ0) is 15.3. The highest BCUT2D eigenvalue weighted by Gasteiger charge is 2.31. The number of alkyl halides is 3. The lowest BCUT2D eigenvalue weighted by Gasteiger charge is -2.17. The molecule has 0 aromatic carbocycles. The zero-order valence-corrected chi connectivity index (χ0v) is 11.5. The Kier molecular flexibility index (Phi) is 5.24. The van der Waals surface area contributed by atoms with Gasteiger partial charge >= 0.3 is 6.36 Å². The van der Waals surface area contributed by atoms with Crippen molar-refractivity contribution in [3.05, 3.63) is 18.3 Å². The van der Waals surface area contributed by atoms with E-state index >= 15 is 0 Å². The first kappa shape index (κ1) is 15.8. The molecule has 8 heteroatoms. The first-order chi connectivity index (χ1) is 9.92. The molecule has 1 saturated heterocycles. The van der Waals surface area contributed by atoms with E-state index in [1.54, 1.807) is 0 Å². The normalized spacial score (nSPS) is 20.3. The second-order valence-corrected chi connectivity index (χ2v) is 4.79. The van der Waals surface area contributed by atoms with Crippen LogP contribution in [0.15, 0.2) is 18.3 Å². The minimum absolute atomic E-state index is 0.0208. The Morgan fingerprint density at radius 3 is 2.86 bits per heavy atom. The number of anilines is 1. The third-order valence-electron chi connectivity index (χ3n) is 2.83. The van der Waals surface area contributed by atoms with Crippen molar-refractivity contribution >= 4 is 5.82 Å². The van der Waals surface area contributed by atoms with Gasteiger partial charge in [0.15, 0.2) is 0 Å². The van der Waals surface area contributed by atoms with Crippen LogP contribution in [0.3, 0.4) is 0 Å². The quantitative estimate of drug-likeness (QED) is 0.875. The SMILES string of the molecule is CC(COC1CCOC1)Nc1ccc(OC(F)(F)F)cn1. The Labute approximate surface area is 120 Å². The molecule has 0 amide bonds. The highest BCUT2D eigenvalue weighted by molar-refractivity contribution is 5.38. The van der Waals surface area contributed by atoms with Crippen LogP contribution < -0.4 is 10.1 Å². The summed E-state index contributed by atoms with van der Waals surface area (Å²) < 4.78 is 50.6. The molecule has 5 nitrogen and oxygen atoms in total. The van der Waals surface area contributed by atoms with Crippen molar-refractivity contribution in [1.82, 2.24) is 4.98 Å². The lowest BCUT2D eigenvalue weighted by Crippen LogP contribution is -2.26. The maximum atomic E-state index is 12.0. The minimum Gasteiger partial charge on any atom is -0.404 e. The summed E-state index contributed by atoms with van der Waals surface area (Å²) in [5.74, 6) is 0.114. The van der Waals surface area contributed by atoms with E-state index in [1.165, 1.54) is 12.1 Å². The fourth-order valence-corrected chi connectivity index (χ4v) is 1.88. The molecule has 1 aromatic rings. The van der Waals surface area contributed by atoms with Gasteiger partial charge in [0, 0.05) is 12.6 Å². The van der Waals surface area contributed by atoms with Crippen molar-refractivity contribution in [1.29, 1.82) is 0 Å². The Balaban J connectivity index is 1.76. The molecule has 1 aliphatic heterocycles. The lowest BCUT2D eigenvalue weighted by molar-refractivity contribution is -0.274. The summed E-state index contributed by atoms with van der Waals surface area (Å²) in [5, 5.41) is 3.04. The summed E-state index contributed by atoms with van der Waals surface area (Å²) in [4.78, 5) is 3.87. The van der Waals surface area contributed by atoms with Gasteiger partial charge in [0.25, 0.3) is 0 Å². The van der Waals surface area contributed by atoms with Crippen LogP contribution in [0.4, 0.5) is 19.0 Å². The van der Waals surface area contributed by atoms with Crippen molar-refractivity contribution in [2.24, 2.45) is 0 Å². The van der Waals surface area contributed by atoms with E-state index in [2.05, 4.69) is 15.0 Å². The van der Waals surface area contributed by atoms with Crippen LogP contribution in [-0.4, -0.2) is 43.3 Å². The molecule has 2 atom stereocenters. The van der Waals surface area contributed by atoms with Gasteiger partial charge in [0.05, 0.1) is 25.5 Å². The number of ether oxygens (including phenoxy) is 3. The van der Waals surface area contributed by atoms with E-state index in [1.807, 2.05) is 6.92 Å². The van der Waals surface area contributed by atoms with Crippen LogP contribution >= 0.6 is 0 Å². The van der Waals surface area contributed by atoms with Gasteiger partial charge in [-0.25, -0.2) is 4.98 Å². The Morgan fingerprint density at radius 1 is 1.48 bits per heavy atom. The summed E-state index contributed by atoms with van der Waals surface area (Å²) in [6.45, 7) is 3.69. The Morgan fingerprint density at radius 2 is 2.29 bits per heavy atom. The molecular weight excluding hydrogens is 289 g/mol. The fraction of sp³-hybridized carbons (Fsp3) is 0.615. The van der Waals surface area contributed by atoms with Crippen LogP contribution in [-0.2, 0) is 9.47 Å². The third-order valence-corrected chi connectivity index (χ3v) is 2.83. The third kappa shape index (κ3) is 5.76. The number of hydrogen-bond acceptors (Lipinski definition) is 5. The molecular formula is C13H17F3N2O3. The second kappa shape index (κ2) is 6.95. The number of rotatable bonds is 6.